The van der Waals surface area contributed by atoms with Crippen molar-refractivity contribution in [3.05, 3.63) is 82.1 Å². The third kappa shape index (κ3) is 8.14. The maximum atomic E-state index is 13.6. The van der Waals surface area contributed by atoms with Crippen LogP contribution in [0.2, 0.25) is 0 Å². The van der Waals surface area contributed by atoms with Crippen molar-refractivity contribution in [1.82, 2.24) is 5.43 Å². The summed E-state index contributed by atoms with van der Waals surface area (Å²) in [5.41, 5.74) is 4.06. The molecule has 0 fully saturated rings. The Hall–Kier alpha value is -4.25. The van der Waals surface area contributed by atoms with E-state index in [1.54, 1.807) is 31.2 Å². The first-order chi connectivity index (χ1) is 17.8. The van der Waals surface area contributed by atoms with E-state index >= 15 is 0 Å². The van der Waals surface area contributed by atoms with Gasteiger partial charge in [0.15, 0.2) is 18.1 Å². The summed E-state index contributed by atoms with van der Waals surface area (Å²) in [7, 11) is 0. The number of ether oxygens (including phenoxy) is 2. The molecule has 3 amide bonds. The topological polar surface area (TPSA) is 118 Å². The van der Waals surface area contributed by atoms with Gasteiger partial charge in [-0.2, -0.15) is 5.10 Å². The quantitative estimate of drug-likeness (QED) is 0.200. The van der Waals surface area contributed by atoms with Crippen molar-refractivity contribution >= 4 is 51.2 Å². The number of nitrogens with one attached hydrogen (secondary N) is 3. The summed E-state index contributed by atoms with van der Waals surface area (Å²) in [5.74, 6) is -2.44. The third-order valence-electron chi connectivity index (χ3n) is 4.80. The number of hydrogen-bond acceptors (Lipinski definition) is 6. The standard InChI is InChI=1S/C26H24BrFN4O5/c1-3-36-23-13-17(14-29-32-26(35)25(34)31-21-7-5-4-6-19(21)28)8-11-22(23)37-15-24(33)30-20-10-9-18(27)12-16(20)2/h4-14H,3,15H2,1-2H3,(H,30,33)(H,31,34)(H,32,35)/b29-14-. The number of anilines is 2. The van der Waals surface area contributed by atoms with Crippen molar-refractivity contribution in [2.24, 2.45) is 5.10 Å². The Morgan fingerprint density at radius 3 is 2.46 bits per heavy atom. The summed E-state index contributed by atoms with van der Waals surface area (Å²) >= 11 is 3.38. The summed E-state index contributed by atoms with van der Waals surface area (Å²) < 4.78 is 25.8. The van der Waals surface area contributed by atoms with Crippen LogP contribution in [0.1, 0.15) is 18.1 Å². The summed E-state index contributed by atoms with van der Waals surface area (Å²) in [4.78, 5) is 36.2. The van der Waals surface area contributed by atoms with Crippen LogP contribution in [0.5, 0.6) is 11.5 Å². The van der Waals surface area contributed by atoms with Crippen LogP contribution in [0, 0.1) is 12.7 Å². The Balaban J connectivity index is 1.57. The van der Waals surface area contributed by atoms with Gasteiger partial charge in [0.1, 0.15) is 5.82 Å². The van der Waals surface area contributed by atoms with E-state index in [1.165, 1.54) is 24.4 Å². The lowest BCUT2D eigenvalue weighted by molar-refractivity contribution is -0.136. The highest BCUT2D eigenvalue weighted by molar-refractivity contribution is 9.10. The minimum atomic E-state index is -1.07. The molecule has 3 aromatic carbocycles. The molecule has 11 heteroatoms. The molecule has 3 N–H and O–H groups in total. The van der Waals surface area contributed by atoms with Crippen LogP contribution in [0.15, 0.2) is 70.2 Å². The molecule has 0 radical (unpaired) electrons. The van der Waals surface area contributed by atoms with Crippen LogP contribution in [-0.4, -0.2) is 37.1 Å². The van der Waals surface area contributed by atoms with Gasteiger partial charge in [-0.15, -0.1) is 0 Å². The van der Waals surface area contributed by atoms with Gasteiger partial charge in [-0.25, -0.2) is 9.82 Å². The highest BCUT2D eigenvalue weighted by atomic mass is 79.9. The molecule has 3 aromatic rings. The number of amides is 3. The van der Waals surface area contributed by atoms with E-state index in [9.17, 15) is 18.8 Å². The summed E-state index contributed by atoms with van der Waals surface area (Å²) in [6.45, 7) is 3.78. The Kier molecular flexibility index (Phi) is 9.73. The Morgan fingerprint density at radius 1 is 0.946 bits per heavy atom. The van der Waals surface area contributed by atoms with Crippen molar-refractivity contribution in [2.75, 3.05) is 23.8 Å². The fourth-order valence-electron chi connectivity index (χ4n) is 3.05. The predicted octanol–water partition coefficient (Wildman–Crippen LogP) is 4.40. The normalized spacial score (nSPS) is 10.6. The fourth-order valence-corrected chi connectivity index (χ4v) is 3.52. The van der Waals surface area contributed by atoms with Gasteiger partial charge >= 0.3 is 11.8 Å². The zero-order valence-corrected chi connectivity index (χ0v) is 21.6. The number of hydrazone groups is 1. The number of carbonyl (C=O) groups is 3. The molecule has 0 spiro atoms. The number of benzene rings is 3. The first-order valence-corrected chi connectivity index (χ1v) is 11.9. The predicted molar refractivity (Wildman–Crippen MR) is 141 cm³/mol. The molecule has 3 rings (SSSR count). The number of aryl methyl sites for hydroxylation is 1. The lowest BCUT2D eigenvalue weighted by atomic mass is 10.2. The van der Waals surface area contributed by atoms with Crippen LogP contribution in [-0.2, 0) is 14.4 Å². The number of para-hydroxylation sites is 1. The molecule has 37 heavy (non-hydrogen) atoms. The molecule has 0 aliphatic carbocycles. The summed E-state index contributed by atoms with van der Waals surface area (Å²) in [6.07, 6.45) is 1.30. The van der Waals surface area contributed by atoms with E-state index in [4.69, 9.17) is 9.47 Å². The highest BCUT2D eigenvalue weighted by Gasteiger charge is 2.15. The zero-order chi connectivity index (χ0) is 26.8. The minimum Gasteiger partial charge on any atom is -0.490 e. The second kappa shape index (κ2) is 13.2. The average molecular weight is 571 g/mol. The van der Waals surface area contributed by atoms with E-state index in [2.05, 4.69) is 37.1 Å². The van der Waals surface area contributed by atoms with Gasteiger partial charge in [-0.05, 0) is 73.5 Å². The molecule has 0 saturated carbocycles. The van der Waals surface area contributed by atoms with Gasteiger partial charge in [-0.3, -0.25) is 14.4 Å². The fraction of sp³-hybridized carbons (Fsp3) is 0.154. The molecule has 0 atom stereocenters. The van der Waals surface area contributed by atoms with E-state index in [1.807, 2.05) is 19.1 Å². The van der Waals surface area contributed by atoms with E-state index in [0.29, 0.717) is 29.4 Å². The van der Waals surface area contributed by atoms with Gasteiger partial charge in [-0.1, -0.05) is 28.1 Å². The van der Waals surface area contributed by atoms with Crippen molar-refractivity contribution in [3.63, 3.8) is 0 Å². The van der Waals surface area contributed by atoms with E-state index in [-0.39, 0.29) is 18.2 Å². The summed E-state index contributed by atoms with van der Waals surface area (Å²) in [5, 5.41) is 8.71. The Bertz CT molecular complexity index is 1330. The highest BCUT2D eigenvalue weighted by Crippen LogP contribution is 2.28. The molecule has 0 unspecified atom stereocenters. The Morgan fingerprint density at radius 2 is 1.73 bits per heavy atom. The number of nitrogens with zero attached hydrogens (tertiary/aromatic N) is 1. The van der Waals surface area contributed by atoms with E-state index in [0.717, 1.165) is 16.1 Å². The summed E-state index contributed by atoms with van der Waals surface area (Å²) in [6, 6.07) is 15.8. The largest absolute Gasteiger partial charge is 0.490 e. The van der Waals surface area contributed by atoms with Crippen LogP contribution in [0.3, 0.4) is 0 Å². The first-order valence-electron chi connectivity index (χ1n) is 11.1. The van der Waals surface area contributed by atoms with Crippen LogP contribution < -0.4 is 25.5 Å². The average Bonchev–Trinajstić information content (AvgIpc) is 2.86. The van der Waals surface area contributed by atoms with E-state index < -0.39 is 17.6 Å². The monoisotopic (exact) mass is 570 g/mol. The van der Waals surface area contributed by atoms with Crippen molar-refractivity contribution in [2.45, 2.75) is 13.8 Å². The van der Waals surface area contributed by atoms with Crippen molar-refractivity contribution in [3.8, 4) is 11.5 Å². The Labute approximate surface area is 221 Å². The number of carbonyl (C=O) groups excluding carboxylic acids is 3. The molecule has 9 nitrogen and oxygen atoms in total. The maximum absolute atomic E-state index is 13.6. The second-order valence-corrected chi connectivity index (χ2v) is 8.48. The smallest absolute Gasteiger partial charge is 0.329 e. The molecule has 0 aromatic heterocycles. The molecule has 0 heterocycles. The first kappa shape index (κ1) is 27.3. The molecular weight excluding hydrogens is 547 g/mol. The van der Waals surface area contributed by atoms with Crippen molar-refractivity contribution < 1.29 is 28.2 Å². The van der Waals surface area contributed by atoms with Crippen LogP contribution in [0.25, 0.3) is 0 Å². The van der Waals surface area contributed by atoms with Gasteiger partial charge in [0.2, 0.25) is 0 Å². The number of rotatable bonds is 9. The molecule has 192 valence electrons. The molecule has 0 saturated heterocycles. The van der Waals surface area contributed by atoms with Gasteiger partial charge in [0.25, 0.3) is 5.91 Å². The lowest BCUT2D eigenvalue weighted by Gasteiger charge is -2.13. The SMILES string of the molecule is CCOc1cc(/C=N\NC(=O)C(=O)Nc2ccccc2F)ccc1OCC(=O)Nc1ccc(Br)cc1C. The van der Waals surface area contributed by atoms with Gasteiger partial charge in [0.05, 0.1) is 18.5 Å². The minimum absolute atomic E-state index is 0.121. The molecule has 0 aliphatic heterocycles. The zero-order valence-electron chi connectivity index (χ0n) is 20.0. The van der Waals surface area contributed by atoms with Gasteiger partial charge in [0, 0.05) is 10.2 Å². The van der Waals surface area contributed by atoms with Gasteiger partial charge < -0.3 is 20.1 Å². The van der Waals surface area contributed by atoms with Crippen LogP contribution >= 0.6 is 15.9 Å². The molecule has 0 bridgehead atoms. The number of halogens is 2. The van der Waals surface area contributed by atoms with Crippen LogP contribution in [0.4, 0.5) is 15.8 Å². The third-order valence-corrected chi connectivity index (χ3v) is 5.29. The second-order valence-electron chi connectivity index (χ2n) is 7.57. The molecule has 0 aliphatic rings. The molecular formula is C26H24BrFN4O5. The number of hydrogen-bond donors (Lipinski definition) is 3. The maximum Gasteiger partial charge on any atom is 0.329 e. The lowest BCUT2D eigenvalue weighted by Crippen LogP contribution is -2.32. The van der Waals surface area contributed by atoms with Crippen molar-refractivity contribution in [1.29, 1.82) is 0 Å².